The molecule has 1 saturated heterocycles. The van der Waals surface area contributed by atoms with Crippen molar-refractivity contribution < 1.29 is 4.52 Å². The lowest BCUT2D eigenvalue weighted by Crippen LogP contribution is -2.26. The molecule has 1 aliphatic rings. The number of aromatic amines is 1. The third-order valence-electron chi connectivity index (χ3n) is 6.04. The van der Waals surface area contributed by atoms with Crippen LogP contribution in [0.5, 0.6) is 0 Å². The van der Waals surface area contributed by atoms with Gasteiger partial charge in [-0.15, -0.1) is 0 Å². The van der Waals surface area contributed by atoms with E-state index in [4.69, 9.17) is 10.3 Å². The zero-order valence-electron chi connectivity index (χ0n) is 16.4. The first-order valence-electron chi connectivity index (χ1n) is 10.1. The van der Waals surface area contributed by atoms with Crippen molar-refractivity contribution in [1.29, 1.82) is 0 Å². The van der Waals surface area contributed by atoms with Crippen LogP contribution in [0.4, 0.5) is 5.82 Å². The maximum Gasteiger partial charge on any atom is 0.174 e. The van der Waals surface area contributed by atoms with Crippen molar-refractivity contribution in [3.8, 4) is 11.3 Å². The number of H-pyrrole nitrogens is 1. The number of rotatable bonds is 3. The van der Waals surface area contributed by atoms with Gasteiger partial charge in [-0.25, -0.2) is 0 Å². The summed E-state index contributed by atoms with van der Waals surface area (Å²) in [6, 6.07) is 13.1. The fourth-order valence-electron chi connectivity index (χ4n) is 4.58. The zero-order valence-corrected chi connectivity index (χ0v) is 16.4. The largest absolute Gasteiger partial charge is 0.380 e. The standard InChI is InChI=1S/C23H26N4O/c1-13(2)21-17-11-15(14-7-9-25-10-8-14)3-5-19(17)26-22(21)16-4-6-20-18(12-16)23(24)27-28-20/h3-6,11-14,25-26H,7-10H2,1-2H3,(H2,24,27). The normalized spacial score (nSPS) is 15.8. The summed E-state index contributed by atoms with van der Waals surface area (Å²) in [6.07, 6.45) is 2.42. The molecule has 0 unspecified atom stereocenters. The van der Waals surface area contributed by atoms with Crippen LogP contribution in [0.25, 0.3) is 33.1 Å². The van der Waals surface area contributed by atoms with E-state index in [-0.39, 0.29) is 0 Å². The van der Waals surface area contributed by atoms with Gasteiger partial charge in [0.25, 0.3) is 0 Å². The third kappa shape index (κ3) is 2.78. The summed E-state index contributed by atoms with van der Waals surface area (Å²) < 4.78 is 5.27. The Labute approximate surface area is 164 Å². The van der Waals surface area contributed by atoms with E-state index >= 15 is 0 Å². The molecule has 0 bridgehead atoms. The smallest absolute Gasteiger partial charge is 0.174 e. The van der Waals surface area contributed by atoms with Crippen LogP contribution in [0.1, 0.15) is 49.7 Å². The number of anilines is 1. The molecule has 144 valence electrons. The number of nitrogens with two attached hydrogens (primary N) is 1. The summed E-state index contributed by atoms with van der Waals surface area (Å²) in [6.45, 7) is 6.74. The predicted molar refractivity (Wildman–Crippen MR) is 115 cm³/mol. The van der Waals surface area contributed by atoms with Crippen LogP contribution in [0, 0.1) is 0 Å². The highest BCUT2D eigenvalue weighted by molar-refractivity contribution is 5.95. The Balaban J connectivity index is 1.67. The van der Waals surface area contributed by atoms with Gasteiger partial charge in [-0.2, -0.15) is 0 Å². The minimum atomic E-state index is 0.405. The number of hydrogen-bond acceptors (Lipinski definition) is 4. The molecule has 0 atom stereocenters. The number of nitrogen functional groups attached to an aromatic ring is 1. The molecule has 28 heavy (non-hydrogen) atoms. The topological polar surface area (TPSA) is 79.9 Å². The molecule has 2 aromatic heterocycles. The quantitative estimate of drug-likeness (QED) is 0.463. The summed E-state index contributed by atoms with van der Waals surface area (Å²) in [5.74, 6) is 1.49. The molecule has 5 heteroatoms. The average Bonchev–Trinajstić information content (AvgIpc) is 3.28. The van der Waals surface area contributed by atoms with E-state index < -0.39 is 0 Å². The van der Waals surface area contributed by atoms with Gasteiger partial charge in [0.1, 0.15) is 0 Å². The SMILES string of the molecule is CC(C)c1c(-c2ccc3onc(N)c3c2)[nH]c2ccc(C3CCNCC3)cc12. The summed E-state index contributed by atoms with van der Waals surface area (Å²) in [4.78, 5) is 3.66. The second kappa shape index (κ2) is 6.67. The molecule has 0 aliphatic carbocycles. The lowest BCUT2D eigenvalue weighted by Gasteiger charge is -2.23. The summed E-state index contributed by atoms with van der Waals surface area (Å²) >= 11 is 0. The van der Waals surface area contributed by atoms with Gasteiger partial charge in [0.15, 0.2) is 11.4 Å². The Kier molecular flexibility index (Phi) is 4.13. The number of nitrogens with one attached hydrogen (secondary N) is 2. The summed E-state index contributed by atoms with van der Waals surface area (Å²) in [5.41, 5.74) is 13.0. The highest BCUT2D eigenvalue weighted by Crippen LogP contribution is 2.39. The number of fused-ring (bicyclic) bond motifs is 2. The lowest BCUT2D eigenvalue weighted by molar-refractivity contribution is 0.460. The minimum Gasteiger partial charge on any atom is -0.380 e. The van der Waals surface area contributed by atoms with E-state index in [0.29, 0.717) is 17.7 Å². The Morgan fingerprint density at radius 2 is 1.89 bits per heavy atom. The Morgan fingerprint density at radius 1 is 1.07 bits per heavy atom. The van der Waals surface area contributed by atoms with Gasteiger partial charge < -0.3 is 20.6 Å². The van der Waals surface area contributed by atoms with Gasteiger partial charge >= 0.3 is 0 Å². The minimum absolute atomic E-state index is 0.405. The second-order valence-electron chi connectivity index (χ2n) is 8.18. The molecule has 5 nitrogen and oxygen atoms in total. The average molecular weight is 374 g/mol. The van der Waals surface area contributed by atoms with Crippen molar-refractivity contribution in [2.24, 2.45) is 0 Å². The summed E-state index contributed by atoms with van der Waals surface area (Å²) in [5, 5.41) is 9.54. The molecule has 5 rings (SSSR count). The molecular weight excluding hydrogens is 348 g/mol. The van der Waals surface area contributed by atoms with E-state index in [0.717, 1.165) is 35.3 Å². The van der Waals surface area contributed by atoms with Gasteiger partial charge in [-0.3, -0.25) is 0 Å². The molecule has 0 amide bonds. The number of benzene rings is 2. The summed E-state index contributed by atoms with van der Waals surface area (Å²) in [7, 11) is 0. The molecule has 0 spiro atoms. The van der Waals surface area contributed by atoms with Gasteiger partial charge in [-0.05, 0) is 84.8 Å². The Hall–Kier alpha value is -2.79. The fourth-order valence-corrected chi connectivity index (χ4v) is 4.58. The van der Waals surface area contributed by atoms with Gasteiger partial charge in [-0.1, -0.05) is 25.1 Å². The number of piperidine rings is 1. The molecular formula is C23H26N4O. The van der Waals surface area contributed by atoms with Crippen molar-refractivity contribution in [3.05, 3.63) is 47.5 Å². The van der Waals surface area contributed by atoms with Crippen LogP contribution >= 0.6 is 0 Å². The molecule has 4 N–H and O–H groups in total. The Morgan fingerprint density at radius 3 is 2.68 bits per heavy atom. The van der Waals surface area contributed by atoms with Crippen molar-refractivity contribution >= 4 is 27.7 Å². The van der Waals surface area contributed by atoms with E-state index in [9.17, 15) is 0 Å². The molecule has 3 heterocycles. The molecule has 0 saturated carbocycles. The van der Waals surface area contributed by atoms with E-state index in [2.05, 4.69) is 59.6 Å². The molecule has 0 radical (unpaired) electrons. The first kappa shape index (κ1) is 17.3. The van der Waals surface area contributed by atoms with Gasteiger partial charge in [0, 0.05) is 16.6 Å². The highest BCUT2D eigenvalue weighted by atomic mass is 16.5. The van der Waals surface area contributed by atoms with Crippen molar-refractivity contribution in [2.75, 3.05) is 18.8 Å². The molecule has 4 aromatic rings. The van der Waals surface area contributed by atoms with Crippen molar-refractivity contribution in [2.45, 2.75) is 38.5 Å². The second-order valence-corrected chi connectivity index (χ2v) is 8.18. The fraction of sp³-hybridized carbons (Fsp3) is 0.348. The van der Waals surface area contributed by atoms with Crippen LogP contribution in [-0.4, -0.2) is 23.2 Å². The van der Waals surface area contributed by atoms with E-state index in [1.807, 2.05) is 6.07 Å². The van der Waals surface area contributed by atoms with Crippen molar-refractivity contribution in [3.63, 3.8) is 0 Å². The van der Waals surface area contributed by atoms with Crippen molar-refractivity contribution in [1.82, 2.24) is 15.5 Å². The monoisotopic (exact) mass is 374 g/mol. The van der Waals surface area contributed by atoms with Crippen LogP contribution in [0.2, 0.25) is 0 Å². The van der Waals surface area contributed by atoms with Crippen LogP contribution < -0.4 is 11.1 Å². The first-order valence-corrected chi connectivity index (χ1v) is 10.1. The number of nitrogens with zero attached hydrogens (tertiary/aromatic N) is 1. The zero-order chi connectivity index (χ0) is 19.3. The highest BCUT2D eigenvalue weighted by Gasteiger charge is 2.20. The van der Waals surface area contributed by atoms with Crippen LogP contribution in [0.3, 0.4) is 0 Å². The lowest BCUT2D eigenvalue weighted by atomic mass is 9.88. The van der Waals surface area contributed by atoms with Crippen LogP contribution in [-0.2, 0) is 0 Å². The maximum absolute atomic E-state index is 5.98. The first-order chi connectivity index (χ1) is 13.6. The van der Waals surface area contributed by atoms with Crippen LogP contribution in [0.15, 0.2) is 40.9 Å². The van der Waals surface area contributed by atoms with Gasteiger partial charge in [0.2, 0.25) is 0 Å². The van der Waals surface area contributed by atoms with Gasteiger partial charge in [0.05, 0.1) is 5.39 Å². The molecule has 1 aliphatic heterocycles. The molecule has 2 aromatic carbocycles. The van der Waals surface area contributed by atoms with E-state index in [1.165, 1.54) is 34.9 Å². The Bertz CT molecular complexity index is 1150. The number of hydrogen-bond donors (Lipinski definition) is 3. The predicted octanol–water partition coefficient (Wildman–Crippen LogP) is 5.15. The maximum atomic E-state index is 5.98. The number of aromatic nitrogens is 2. The third-order valence-corrected chi connectivity index (χ3v) is 6.04. The van der Waals surface area contributed by atoms with E-state index in [1.54, 1.807) is 0 Å². The molecule has 1 fully saturated rings.